The molecule has 0 saturated carbocycles. The maximum absolute atomic E-state index is 11.4. The van der Waals surface area contributed by atoms with Crippen LogP contribution in [0.1, 0.15) is 26.3 Å². The number of thioether (sulfide) groups is 1. The number of nitrogens with zero attached hydrogens (tertiary/aromatic N) is 1. The number of benzene rings is 1. The van der Waals surface area contributed by atoms with E-state index >= 15 is 0 Å². The monoisotopic (exact) mass is 351 g/mol. The van der Waals surface area contributed by atoms with E-state index in [2.05, 4.69) is 24.1 Å². The highest BCUT2D eigenvalue weighted by atomic mass is 32.2. The Kier molecular flexibility index (Phi) is 9.14. The first-order valence-electron chi connectivity index (χ1n) is 7.89. The van der Waals surface area contributed by atoms with Gasteiger partial charge in [-0.05, 0) is 36.9 Å². The predicted octanol–water partition coefficient (Wildman–Crippen LogP) is 2.60. The van der Waals surface area contributed by atoms with Gasteiger partial charge in [-0.1, -0.05) is 19.9 Å². The Hall–Kier alpha value is -1.83. The normalized spacial score (nSPS) is 11.0. The van der Waals surface area contributed by atoms with E-state index in [-0.39, 0.29) is 5.91 Å². The summed E-state index contributed by atoms with van der Waals surface area (Å²) in [6.07, 6.45) is 2.79. The molecule has 1 aromatic carbocycles. The molecule has 0 aliphatic rings. The van der Waals surface area contributed by atoms with Crippen molar-refractivity contribution >= 4 is 35.3 Å². The molecule has 0 bridgehead atoms. The fourth-order valence-electron chi connectivity index (χ4n) is 2.10. The van der Waals surface area contributed by atoms with Crippen LogP contribution in [0.15, 0.2) is 29.2 Å². The Morgan fingerprint density at radius 1 is 1.29 bits per heavy atom. The number of carbonyl (C=O) groups excluding carboxylic acids is 2. The molecule has 2 amide bonds. The minimum absolute atomic E-state index is 0.144. The molecule has 1 aromatic rings. The summed E-state index contributed by atoms with van der Waals surface area (Å²) in [7, 11) is 0. The first kappa shape index (κ1) is 20.2. The Morgan fingerprint density at radius 2 is 2.00 bits per heavy atom. The zero-order valence-corrected chi connectivity index (χ0v) is 15.2. The molecule has 24 heavy (non-hydrogen) atoms. The highest BCUT2D eigenvalue weighted by Gasteiger charge is 2.07. The highest BCUT2D eigenvalue weighted by molar-refractivity contribution is 7.99. The first-order chi connectivity index (χ1) is 11.5. The molecule has 0 aliphatic carbocycles. The minimum Gasteiger partial charge on any atom is -0.325 e. The van der Waals surface area contributed by atoms with Gasteiger partial charge in [-0.25, -0.2) is 5.48 Å². The molecule has 0 spiro atoms. The largest absolute Gasteiger partial charge is 0.325 e. The SMILES string of the molecule is CCN(CC)CCSc1ccc(/C=C/C(=O)NO)cc1NC(C)=O. The fourth-order valence-corrected chi connectivity index (χ4v) is 3.10. The maximum atomic E-state index is 11.4. The number of nitrogens with one attached hydrogen (secondary N) is 2. The quantitative estimate of drug-likeness (QED) is 0.276. The second-order valence-electron chi connectivity index (χ2n) is 5.12. The zero-order valence-electron chi connectivity index (χ0n) is 14.3. The summed E-state index contributed by atoms with van der Waals surface area (Å²) in [5.74, 6) is 0.180. The molecule has 0 atom stereocenters. The van der Waals surface area contributed by atoms with Crippen LogP contribution >= 0.6 is 11.8 Å². The molecule has 0 aliphatic heterocycles. The van der Waals surface area contributed by atoms with Crippen molar-refractivity contribution in [1.82, 2.24) is 10.4 Å². The predicted molar refractivity (Wildman–Crippen MR) is 98.2 cm³/mol. The molecular formula is C17H25N3O3S. The van der Waals surface area contributed by atoms with Crippen LogP contribution in [0.5, 0.6) is 0 Å². The van der Waals surface area contributed by atoms with Crippen LogP contribution in [0.3, 0.4) is 0 Å². The van der Waals surface area contributed by atoms with Crippen molar-refractivity contribution in [3.63, 3.8) is 0 Å². The zero-order chi connectivity index (χ0) is 17.9. The van der Waals surface area contributed by atoms with Gasteiger partial charge in [-0.2, -0.15) is 0 Å². The van der Waals surface area contributed by atoms with E-state index in [1.807, 2.05) is 18.2 Å². The van der Waals surface area contributed by atoms with E-state index in [4.69, 9.17) is 5.21 Å². The van der Waals surface area contributed by atoms with Gasteiger partial charge in [0.15, 0.2) is 0 Å². The van der Waals surface area contributed by atoms with Gasteiger partial charge < -0.3 is 10.2 Å². The molecule has 0 radical (unpaired) electrons. The van der Waals surface area contributed by atoms with E-state index in [1.54, 1.807) is 17.8 Å². The lowest BCUT2D eigenvalue weighted by Crippen LogP contribution is -2.25. The molecule has 0 saturated heterocycles. The van der Waals surface area contributed by atoms with Gasteiger partial charge >= 0.3 is 0 Å². The Bertz CT molecular complexity index is 586. The van der Waals surface area contributed by atoms with E-state index in [0.29, 0.717) is 0 Å². The van der Waals surface area contributed by atoms with Gasteiger partial charge in [0.1, 0.15) is 0 Å². The van der Waals surface area contributed by atoms with Crippen molar-refractivity contribution in [2.24, 2.45) is 0 Å². The van der Waals surface area contributed by atoms with E-state index in [1.165, 1.54) is 18.5 Å². The third-order valence-corrected chi connectivity index (χ3v) is 4.46. The molecule has 7 heteroatoms. The van der Waals surface area contributed by atoms with Gasteiger partial charge in [0.05, 0.1) is 5.69 Å². The van der Waals surface area contributed by atoms with Gasteiger partial charge in [0.25, 0.3) is 5.91 Å². The van der Waals surface area contributed by atoms with E-state index < -0.39 is 5.91 Å². The number of anilines is 1. The number of carbonyl (C=O) groups is 2. The average molecular weight is 351 g/mol. The van der Waals surface area contributed by atoms with Gasteiger partial charge in [0.2, 0.25) is 5.91 Å². The number of rotatable bonds is 9. The molecule has 0 unspecified atom stereocenters. The summed E-state index contributed by atoms with van der Waals surface area (Å²) >= 11 is 1.69. The number of hydrogen-bond acceptors (Lipinski definition) is 5. The molecule has 1 rings (SSSR count). The number of amides is 2. The minimum atomic E-state index is -0.603. The molecule has 132 valence electrons. The van der Waals surface area contributed by atoms with Crippen LogP contribution in [0.2, 0.25) is 0 Å². The van der Waals surface area contributed by atoms with Crippen LogP contribution in [0.4, 0.5) is 5.69 Å². The highest BCUT2D eigenvalue weighted by Crippen LogP contribution is 2.29. The van der Waals surface area contributed by atoms with E-state index in [0.717, 1.165) is 41.5 Å². The van der Waals surface area contributed by atoms with Gasteiger partial charge in [-0.15, -0.1) is 11.8 Å². The second-order valence-corrected chi connectivity index (χ2v) is 6.26. The Morgan fingerprint density at radius 3 is 2.58 bits per heavy atom. The molecule has 0 heterocycles. The van der Waals surface area contributed by atoms with Crippen LogP contribution < -0.4 is 10.8 Å². The Balaban J connectivity index is 2.84. The summed E-state index contributed by atoms with van der Waals surface area (Å²) in [6.45, 7) is 8.77. The third kappa shape index (κ3) is 7.16. The van der Waals surface area contributed by atoms with Crippen molar-refractivity contribution < 1.29 is 14.8 Å². The van der Waals surface area contributed by atoms with Crippen molar-refractivity contribution in [2.75, 3.05) is 30.7 Å². The Labute approximate surface area is 147 Å². The summed E-state index contributed by atoms with van der Waals surface area (Å²) in [6, 6.07) is 5.60. The maximum Gasteiger partial charge on any atom is 0.267 e. The summed E-state index contributed by atoms with van der Waals surface area (Å²) in [4.78, 5) is 25.8. The van der Waals surface area contributed by atoms with Crippen LogP contribution in [0.25, 0.3) is 6.08 Å². The summed E-state index contributed by atoms with van der Waals surface area (Å²) in [5, 5.41) is 11.3. The fraction of sp³-hybridized carbons (Fsp3) is 0.412. The third-order valence-electron chi connectivity index (χ3n) is 3.41. The van der Waals surface area contributed by atoms with Gasteiger partial charge in [-0.3, -0.25) is 14.8 Å². The van der Waals surface area contributed by atoms with Gasteiger partial charge in [0, 0.05) is 30.2 Å². The number of hydrogen-bond donors (Lipinski definition) is 3. The van der Waals surface area contributed by atoms with Crippen molar-refractivity contribution in [2.45, 2.75) is 25.7 Å². The smallest absolute Gasteiger partial charge is 0.267 e. The van der Waals surface area contributed by atoms with Crippen molar-refractivity contribution in [3.8, 4) is 0 Å². The first-order valence-corrected chi connectivity index (χ1v) is 8.87. The summed E-state index contributed by atoms with van der Waals surface area (Å²) in [5.41, 5.74) is 3.02. The average Bonchev–Trinajstić information content (AvgIpc) is 2.57. The molecule has 0 fully saturated rings. The lowest BCUT2D eigenvalue weighted by molar-refractivity contribution is -0.124. The molecular weight excluding hydrogens is 326 g/mol. The lowest BCUT2D eigenvalue weighted by Gasteiger charge is -2.18. The topological polar surface area (TPSA) is 81.7 Å². The van der Waals surface area contributed by atoms with Crippen LogP contribution in [-0.4, -0.2) is 47.3 Å². The second kappa shape index (κ2) is 10.9. The van der Waals surface area contributed by atoms with Crippen LogP contribution in [-0.2, 0) is 9.59 Å². The molecule has 6 nitrogen and oxygen atoms in total. The van der Waals surface area contributed by atoms with Crippen molar-refractivity contribution in [1.29, 1.82) is 0 Å². The van der Waals surface area contributed by atoms with Crippen molar-refractivity contribution in [3.05, 3.63) is 29.8 Å². The lowest BCUT2D eigenvalue weighted by atomic mass is 10.2. The summed E-state index contributed by atoms with van der Waals surface area (Å²) < 4.78 is 0. The number of hydroxylamine groups is 1. The van der Waals surface area contributed by atoms with E-state index in [9.17, 15) is 9.59 Å². The molecule has 3 N–H and O–H groups in total. The molecule has 0 aromatic heterocycles. The van der Waals surface area contributed by atoms with Crippen LogP contribution in [0, 0.1) is 0 Å². The standard InChI is InChI=1S/C17H25N3O3S/c1-4-20(5-2)10-11-24-16-8-6-14(7-9-17(22)19-23)12-15(16)18-13(3)21/h6-9,12,23H,4-5,10-11H2,1-3H3,(H,18,21)(H,19,22)/b9-7+.